The molecular formula is C17H22Cl2N2O2. The number of morpholine rings is 1. The molecule has 3 atom stereocenters. The lowest BCUT2D eigenvalue weighted by Gasteiger charge is -2.39. The molecule has 2 heterocycles. The second-order valence-electron chi connectivity index (χ2n) is 6.23. The third-order valence-corrected chi connectivity index (χ3v) is 5.29. The van der Waals surface area contributed by atoms with Crippen molar-refractivity contribution in [3.63, 3.8) is 0 Å². The Balaban J connectivity index is 1.80. The van der Waals surface area contributed by atoms with Crippen molar-refractivity contribution in [1.29, 1.82) is 0 Å². The van der Waals surface area contributed by atoms with E-state index in [0.717, 1.165) is 30.5 Å². The summed E-state index contributed by atoms with van der Waals surface area (Å²) in [4.78, 5) is 14.8. The molecule has 1 fully saturated rings. The molecule has 0 saturated carbocycles. The van der Waals surface area contributed by atoms with Crippen molar-refractivity contribution >= 4 is 29.1 Å². The summed E-state index contributed by atoms with van der Waals surface area (Å²) in [7, 11) is 0. The van der Waals surface area contributed by atoms with Gasteiger partial charge in [0, 0.05) is 29.7 Å². The van der Waals surface area contributed by atoms with E-state index < -0.39 is 6.10 Å². The van der Waals surface area contributed by atoms with Crippen LogP contribution < -0.4 is 5.32 Å². The number of halogens is 2. The number of carbonyl (C=O) groups excluding carboxylic acids is 1. The molecular weight excluding hydrogens is 335 g/mol. The van der Waals surface area contributed by atoms with Gasteiger partial charge in [-0.05, 0) is 43.0 Å². The van der Waals surface area contributed by atoms with E-state index >= 15 is 0 Å². The standard InChI is InChI=1S/C17H22Cl2N2O2/c1-3-13-8-20-9-15(23-13)17(22)21-5-4-11-6-12(18)7-14(19)16(11)10(21)2/h6-7,10,13,15,20H,3-5,8-9H2,1-2H3/t10-,13+,15+/m0/s1. The van der Waals surface area contributed by atoms with Gasteiger partial charge < -0.3 is 15.0 Å². The van der Waals surface area contributed by atoms with Crippen molar-refractivity contribution in [1.82, 2.24) is 10.2 Å². The van der Waals surface area contributed by atoms with E-state index in [2.05, 4.69) is 12.2 Å². The minimum Gasteiger partial charge on any atom is -0.362 e. The Kier molecular flexibility index (Phi) is 5.16. The highest BCUT2D eigenvalue weighted by Crippen LogP contribution is 2.37. The number of hydrogen-bond acceptors (Lipinski definition) is 3. The smallest absolute Gasteiger partial charge is 0.253 e. The van der Waals surface area contributed by atoms with Crippen LogP contribution in [0, 0.1) is 0 Å². The second kappa shape index (κ2) is 6.98. The van der Waals surface area contributed by atoms with E-state index in [1.165, 1.54) is 0 Å². The predicted octanol–water partition coefficient (Wildman–Crippen LogP) is 3.21. The number of amides is 1. The van der Waals surface area contributed by atoms with E-state index in [0.29, 0.717) is 23.1 Å². The lowest BCUT2D eigenvalue weighted by molar-refractivity contribution is -0.153. The van der Waals surface area contributed by atoms with Crippen molar-refractivity contribution in [2.75, 3.05) is 19.6 Å². The fraction of sp³-hybridized carbons (Fsp3) is 0.588. The average molecular weight is 357 g/mol. The number of ether oxygens (including phenoxy) is 1. The minimum absolute atomic E-state index is 0.0415. The highest BCUT2D eigenvalue weighted by atomic mass is 35.5. The first-order chi connectivity index (χ1) is 11.0. The molecule has 1 aromatic carbocycles. The fourth-order valence-electron chi connectivity index (χ4n) is 3.48. The maximum Gasteiger partial charge on any atom is 0.253 e. The molecule has 1 N–H and O–H groups in total. The Bertz CT molecular complexity index is 609. The maximum absolute atomic E-state index is 12.9. The van der Waals surface area contributed by atoms with Gasteiger partial charge in [-0.2, -0.15) is 0 Å². The lowest BCUT2D eigenvalue weighted by atomic mass is 9.93. The van der Waals surface area contributed by atoms with Crippen molar-refractivity contribution in [2.24, 2.45) is 0 Å². The first-order valence-corrected chi connectivity index (χ1v) is 8.91. The minimum atomic E-state index is -0.413. The third-order valence-electron chi connectivity index (χ3n) is 4.76. The molecule has 1 saturated heterocycles. The highest BCUT2D eigenvalue weighted by molar-refractivity contribution is 6.35. The summed E-state index contributed by atoms with van der Waals surface area (Å²) in [6.07, 6.45) is 1.36. The second-order valence-corrected chi connectivity index (χ2v) is 7.07. The molecule has 0 spiro atoms. The quantitative estimate of drug-likeness (QED) is 0.884. The van der Waals surface area contributed by atoms with Crippen LogP contribution in [0.1, 0.15) is 37.4 Å². The Hall–Kier alpha value is -0.810. The Morgan fingerprint density at radius 2 is 2.17 bits per heavy atom. The van der Waals surface area contributed by atoms with Crippen molar-refractivity contribution in [3.8, 4) is 0 Å². The monoisotopic (exact) mass is 356 g/mol. The van der Waals surface area contributed by atoms with Gasteiger partial charge in [-0.15, -0.1) is 0 Å². The summed E-state index contributed by atoms with van der Waals surface area (Å²) < 4.78 is 5.93. The molecule has 3 rings (SSSR count). The zero-order valence-corrected chi connectivity index (χ0v) is 15.0. The number of carbonyl (C=O) groups is 1. The molecule has 4 nitrogen and oxygen atoms in total. The van der Waals surface area contributed by atoms with Crippen molar-refractivity contribution in [3.05, 3.63) is 33.3 Å². The summed E-state index contributed by atoms with van der Waals surface area (Å²) in [6.45, 7) is 6.13. The first kappa shape index (κ1) is 17.0. The molecule has 126 valence electrons. The summed E-state index contributed by atoms with van der Waals surface area (Å²) >= 11 is 12.5. The number of hydrogen-bond donors (Lipinski definition) is 1. The van der Waals surface area contributed by atoms with Crippen LogP contribution in [0.15, 0.2) is 12.1 Å². The Morgan fingerprint density at radius 1 is 1.39 bits per heavy atom. The molecule has 23 heavy (non-hydrogen) atoms. The molecule has 6 heteroatoms. The summed E-state index contributed by atoms with van der Waals surface area (Å²) in [5.41, 5.74) is 2.14. The van der Waals surface area contributed by atoms with Crippen LogP contribution in [0.25, 0.3) is 0 Å². The van der Waals surface area contributed by atoms with Crippen LogP contribution >= 0.6 is 23.2 Å². The van der Waals surface area contributed by atoms with Gasteiger partial charge in [0.1, 0.15) is 6.10 Å². The van der Waals surface area contributed by atoms with Crippen LogP contribution in [0.5, 0.6) is 0 Å². The molecule has 0 aliphatic carbocycles. The third kappa shape index (κ3) is 3.36. The van der Waals surface area contributed by atoms with Crippen LogP contribution in [-0.2, 0) is 16.0 Å². The first-order valence-electron chi connectivity index (χ1n) is 8.15. The zero-order valence-electron chi connectivity index (χ0n) is 13.4. The van der Waals surface area contributed by atoms with Crippen LogP contribution in [0.3, 0.4) is 0 Å². The highest BCUT2D eigenvalue weighted by Gasteiger charge is 2.36. The van der Waals surface area contributed by atoms with Gasteiger partial charge in [-0.25, -0.2) is 0 Å². The average Bonchev–Trinajstić information content (AvgIpc) is 2.54. The van der Waals surface area contributed by atoms with Crippen molar-refractivity contribution in [2.45, 2.75) is 44.9 Å². The van der Waals surface area contributed by atoms with Gasteiger partial charge in [0.05, 0.1) is 12.1 Å². The summed E-state index contributed by atoms with van der Waals surface area (Å²) in [6, 6.07) is 3.63. The molecule has 0 bridgehead atoms. The molecule has 1 aromatic rings. The molecule has 0 radical (unpaired) electrons. The Labute approximate surface area is 147 Å². The number of nitrogens with one attached hydrogen (secondary N) is 1. The fourth-order valence-corrected chi connectivity index (χ4v) is 4.17. The van der Waals surface area contributed by atoms with Gasteiger partial charge in [0.2, 0.25) is 0 Å². The van der Waals surface area contributed by atoms with Crippen LogP contribution in [0.2, 0.25) is 10.0 Å². The normalized spacial score (nSPS) is 27.7. The van der Waals surface area contributed by atoms with Gasteiger partial charge >= 0.3 is 0 Å². The molecule has 1 amide bonds. The summed E-state index contributed by atoms with van der Waals surface area (Å²) in [5.74, 6) is 0.0415. The maximum atomic E-state index is 12.9. The largest absolute Gasteiger partial charge is 0.362 e. The number of fused-ring (bicyclic) bond motifs is 1. The number of benzene rings is 1. The zero-order chi connectivity index (χ0) is 16.6. The Morgan fingerprint density at radius 3 is 2.91 bits per heavy atom. The molecule has 2 aliphatic rings. The van der Waals surface area contributed by atoms with Crippen LogP contribution in [-0.4, -0.2) is 42.6 Å². The summed E-state index contributed by atoms with van der Waals surface area (Å²) in [5, 5.41) is 4.57. The van der Waals surface area contributed by atoms with Gasteiger partial charge in [-0.3, -0.25) is 4.79 Å². The van der Waals surface area contributed by atoms with Gasteiger partial charge in [-0.1, -0.05) is 30.1 Å². The number of rotatable bonds is 2. The van der Waals surface area contributed by atoms with Gasteiger partial charge in [0.15, 0.2) is 0 Å². The SMILES string of the molecule is CC[C@@H]1CNC[C@H](C(=O)N2CCc3cc(Cl)cc(Cl)c3[C@@H]2C)O1. The molecule has 0 aromatic heterocycles. The van der Waals surface area contributed by atoms with E-state index in [-0.39, 0.29) is 18.1 Å². The molecule has 2 aliphatic heterocycles. The predicted molar refractivity (Wildman–Crippen MR) is 92.1 cm³/mol. The lowest BCUT2D eigenvalue weighted by Crippen LogP contribution is -2.54. The van der Waals surface area contributed by atoms with E-state index in [9.17, 15) is 4.79 Å². The van der Waals surface area contributed by atoms with E-state index in [4.69, 9.17) is 27.9 Å². The van der Waals surface area contributed by atoms with E-state index in [1.807, 2.05) is 17.9 Å². The molecule has 0 unspecified atom stereocenters. The van der Waals surface area contributed by atoms with Crippen molar-refractivity contribution < 1.29 is 9.53 Å². The number of nitrogens with zero attached hydrogens (tertiary/aromatic N) is 1. The van der Waals surface area contributed by atoms with E-state index in [1.54, 1.807) is 6.07 Å². The van der Waals surface area contributed by atoms with Crippen LogP contribution in [0.4, 0.5) is 0 Å². The topological polar surface area (TPSA) is 41.6 Å². The van der Waals surface area contributed by atoms with Gasteiger partial charge in [0.25, 0.3) is 5.91 Å².